The number of nitrogens with two attached hydrogens (primary N) is 1. The summed E-state index contributed by atoms with van der Waals surface area (Å²) in [5.74, 6) is 1.84. The largest absolute Gasteiger partial charge is 0.483 e. The highest BCUT2D eigenvalue weighted by Crippen LogP contribution is 2.51. The molecule has 3 saturated heterocycles. The number of nitrogen functional groups attached to an aromatic ring is 1. The molecule has 0 saturated carbocycles. The molecule has 0 radical (unpaired) electrons. The Labute approximate surface area is 253 Å². The van der Waals surface area contributed by atoms with Crippen LogP contribution in [0.15, 0.2) is 18.3 Å². The third-order valence-corrected chi connectivity index (χ3v) is 10.5. The van der Waals surface area contributed by atoms with Crippen molar-refractivity contribution in [1.29, 1.82) is 5.26 Å². The number of hydrogen-bond donors (Lipinski definition) is 4. The Bertz CT molecular complexity index is 1530. The fourth-order valence-corrected chi connectivity index (χ4v) is 8.66. The maximum absolute atomic E-state index is 9.88. The van der Waals surface area contributed by atoms with Crippen molar-refractivity contribution in [3.63, 3.8) is 0 Å². The molecule has 0 amide bonds. The quantitative estimate of drug-likeness (QED) is 0.310. The number of nitrogens with zero attached hydrogens (tertiary/aromatic N) is 7. The summed E-state index contributed by atoms with van der Waals surface area (Å²) in [6, 6.07) is 8.17. The molecule has 5 N–H and O–H groups in total. The summed E-state index contributed by atoms with van der Waals surface area (Å²) in [4.78, 5) is 24.2. The Hall–Kier alpha value is -3.93. The van der Waals surface area contributed by atoms with E-state index in [2.05, 4.69) is 37.7 Å². The SMILES string of the molecule is N#Cc1c(N)sc2c1C1(CCC2)CN(c2cc(N3CC4CCC(C3)N4)nc(OCC3Cn4nccc4CN3)n2)C1.O=CO. The Balaban J connectivity index is 0.000000963. The zero-order valence-electron chi connectivity index (χ0n) is 23.9. The van der Waals surface area contributed by atoms with Gasteiger partial charge in [0.2, 0.25) is 0 Å². The normalized spacial score (nSPS) is 24.7. The van der Waals surface area contributed by atoms with Crippen LogP contribution < -0.4 is 30.9 Å². The number of thiophene rings is 1. The molecule has 1 spiro atoms. The van der Waals surface area contributed by atoms with Crippen LogP contribution >= 0.6 is 11.3 Å². The second-order valence-corrected chi connectivity index (χ2v) is 13.3. The summed E-state index contributed by atoms with van der Waals surface area (Å²) in [5, 5.41) is 29.1. The van der Waals surface area contributed by atoms with E-state index in [0.29, 0.717) is 35.3 Å². The third kappa shape index (κ3) is 5.15. The molecular formula is C29H36N10O3S. The van der Waals surface area contributed by atoms with Gasteiger partial charge in [-0.15, -0.1) is 11.3 Å². The molecule has 3 fully saturated rings. The molecule has 226 valence electrons. The molecule has 0 aromatic carbocycles. The molecule has 3 atom stereocenters. The van der Waals surface area contributed by atoms with E-state index >= 15 is 0 Å². The second kappa shape index (κ2) is 11.3. The zero-order valence-corrected chi connectivity index (χ0v) is 24.7. The van der Waals surface area contributed by atoms with E-state index in [0.717, 1.165) is 70.2 Å². The Morgan fingerprint density at radius 2 is 1.95 bits per heavy atom. The van der Waals surface area contributed by atoms with E-state index in [1.165, 1.54) is 29.0 Å². The predicted octanol–water partition coefficient (Wildman–Crippen LogP) is 1.47. The smallest absolute Gasteiger partial charge is 0.320 e. The maximum Gasteiger partial charge on any atom is 0.320 e. The average molecular weight is 605 g/mol. The highest BCUT2D eigenvalue weighted by molar-refractivity contribution is 7.16. The lowest BCUT2D eigenvalue weighted by Crippen LogP contribution is -2.61. The lowest BCUT2D eigenvalue weighted by atomic mass is 9.66. The van der Waals surface area contributed by atoms with E-state index in [9.17, 15) is 5.26 Å². The van der Waals surface area contributed by atoms with Crippen LogP contribution in [0.3, 0.4) is 0 Å². The molecule has 2 bridgehead atoms. The van der Waals surface area contributed by atoms with E-state index in [1.807, 2.05) is 16.9 Å². The van der Waals surface area contributed by atoms with Crippen molar-refractivity contribution in [1.82, 2.24) is 30.4 Å². The van der Waals surface area contributed by atoms with Gasteiger partial charge in [0, 0.05) is 67.4 Å². The highest BCUT2D eigenvalue weighted by Gasteiger charge is 2.50. The molecule has 43 heavy (non-hydrogen) atoms. The molecule has 8 rings (SSSR count). The number of anilines is 3. The van der Waals surface area contributed by atoms with E-state index in [-0.39, 0.29) is 17.9 Å². The highest BCUT2D eigenvalue weighted by atomic mass is 32.1. The van der Waals surface area contributed by atoms with Crippen LogP contribution in [0.5, 0.6) is 6.01 Å². The Morgan fingerprint density at radius 3 is 2.70 bits per heavy atom. The van der Waals surface area contributed by atoms with Gasteiger partial charge in [-0.1, -0.05) is 0 Å². The van der Waals surface area contributed by atoms with Crippen molar-refractivity contribution in [3.8, 4) is 12.1 Å². The van der Waals surface area contributed by atoms with E-state index in [4.69, 9.17) is 30.3 Å². The minimum Gasteiger partial charge on any atom is -0.483 e. The summed E-state index contributed by atoms with van der Waals surface area (Å²) in [6.45, 7) is 5.33. The summed E-state index contributed by atoms with van der Waals surface area (Å²) >= 11 is 1.60. The minimum atomic E-state index is -0.250. The fraction of sp³-hybridized carbons (Fsp3) is 0.552. The maximum atomic E-state index is 9.88. The van der Waals surface area contributed by atoms with Crippen molar-refractivity contribution in [3.05, 3.63) is 40.0 Å². The molecule has 13 nitrogen and oxygen atoms in total. The van der Waals surface area contributed by atoms with Crippen LogP contribution in [0.4, 0.5) is 16.6 Å². The summed E-state index contributed by atoms with van der Waals surface area (Å²) in [5.41, 5.74) is 9.33. The number of piperazine rings is 1. The number of rotatable bonds is 5. The monoisotopic (exact) mass is 604 g/mol. The van der Waals surface area contributed by atoms with Crippen molar-refractivity contribution in [2.75, 3.05) is 48.3 Å². The second-order valence-electron chi connectivity index (χ2n) is 12.1. The first-order valence-electron chi connectivity index (χ1n) is 14.9. The molecule has 14 heteroatoms. The number of hydrogen-bond acceptors (Lipinski definition) is 12. The number of aryl methyl sites for hydroxylation is 1. The van der Waals surface area contributed by atoms with Crippen molar-refractivity contribution >= 4 is 34.4 Å². The summed E-state index contributed by atoms with van der Waals surface area (Å²) < 4.78 is 8.31. The molecular weight excluding hydrogens is 568 g/mol. The number of fused-ring (bicyclic) bond motifs is 5. The van der Waals surface area contributed by atoms with Crippen LogP contribution in [0.25, 0.3) is 0 Å². The standard InChI is InChI=1S/C28H34N10OS.CH2O2/c29-9-21-25-22(40-26(21)30)2-1-6-28(25)15-37(16-28)24-8-23(36-11-17-3-4-18(12-36)33-17)34-27(35-24)39-14-19-13-38-20(10-31-19)5-7-32-38;2-1-3/h5,7-8,17-19,31,33H,1-4,6,10-16,30H2;1H,(H,2,3). The van der Waals surface area contributed by atoms with Gasteiger partial charge in [0.05, 0.1) is 23.8 Å². The summed E-state index contributed by atoms with van der Waals surface area (Å²) in [6.07, 6.45) is 7.50. The molecule has 5 aliphatic rings. The van der Waals surface area contributed by atoms with Crippen molar-refractivity contribution in [2.45, 2.75) is 68.7 Å². The zero-order chi connectivity index (χ0) is 29.6. The van der Waals surface area contributed by atoms with Gasteiger partial charge in [-0.25, -0.2) is 0 Å². The number of carbonyl (C=O) groups is 1. The van der Waals surface area contributed by atoms with Gasteiger partial charge in [-0.05, 0) is 43.7 Å². The van der Waals surface area contributed by atoms with Gasteiger partial charge in [-0.2, -0.15) is 20.3 Å². The Kier molecular flexibility index (Phi) is 7.32. The molecule has 3 aromatic rings. The molecule has 3 aromatic heterocycles. The average Bonchev–Trinajstić information content (AvgIpc) is 3.70. The van der Waals surface area contributed by atoms with Crippen LogP contribution in [0.2, 0.25) is 0 Å². The third-order valence-electron chi connectivity index (χ3n) is 9.42. The number of nitrogens with one attached hydrogen (secondary N) is 2. The minimum absolute atomic E-state index is 0.0272. The van der Waals surface area contributed by atoms with Gasteiger partial charge >= 0.3 is 6.01 Å². The Morgan fingerprint density at radius 1 is 1.21 bits per heavy atom. The molecule has 4 aliphatic heterocycles. The van der Waals surface area contributed by atoms with Crippen LogP contribution in [0.1, 0.15) is 47.4 Å². The first-order valence-corrected chi connectivity index (χ1v) is 15.7. The fourth-order valence-electron chi connectivity index (χ4n) is 7.48. The summed E-state index contributed by atoms with van der Waals surface area (Å²) in [7, 11) is 0. The van der Waals surface area contributed by atoms with E-state index in [1.54, 1.807) is 11.3 Å². The van der Waals surface area contributed by atoms with Crippen LogP contribution in [-0.4, -0.2) is 82.2 Å². The number of aromatic nitrogens is 4. The number of nitriles is 1. The van der Waals surface area contributed by atoms with Crippen LogP contribution in [-0.2, 0) is 29.7 Å². The van der Waals surface area contributed by atoms with Gasteiger partial charge < -0.3 is 36.0 Å². The molecule has 1 aliphatic carbocycles. The van der Waals surface area contributed by atoms with Gasteiger partial charge in [0.25, 0.3) is 6.47 Å². The first-order chi connectivity index (χ1) is 21.0. The van der Waals surface area contributed by atoms with E-state index < -0.39 is 0 Å². The van der Waals surface area contributed by atoms with Crippen molar-refractivity contribution < 1.29 is 14.6 Å². The lowest BCUT2D eigenvalue weighted by molar-refractivity contribution is -0.122. The number of ether oxygens (including phenoxy) is 1. The van der Waals surface area contributed by atoms with Gasteiger partial charge in [0.15, 0.2) is 0 Å². The van der Waals surface area contributed by atoms with Crippen LogP contribution in [0, 0.1) is 11.3 Å². The van der Waals surface area contributed by atoms with Crippen molar-refractivity contribution in [2.24, 2.45) is 0 Å². The van der Waals surface area contributed by atoms with Gasteiger partial charge in [-0.3, -0.25) is 9.48 Å². The lowest BCUT2D eigenvalue weighted by Gasteiger charge is -2.53. The first kappa shape index (κ1) is 27.9. The molecule has 7 heterocycles. The molecule has 3 unspecified atom stereocenters. The topological polar surface area (TPSA) is 170 Å². The predicted molar refractivity (Wildman–Crippen MR) is 162 cm³/mol. The number of carboxylic acid groups (broad SMARTS) is 1. The van der Waals surface area contributed by atoms with Gasteiger partial charge in [0.1, 0.15) is 29.3 Å².